The van der Waals surface area contributed by atoms with Gasteiger partial charge in [0.15, 0.2) is 0 Å². The predicted molar refractivity (Wildman–Crippen MR) is 70.4 cm³/mol. The van der Waals surface area contributed by atoms with E-state index in [0.717, 1.165) is 12.2 Å². The lowest BCUT2D eigenvalue weighted by atomic mass is 9.95. The number of likely N-dealkylation sites (tertiary alicyclic amines) is 1. The fourth-order valence-electron chi connectivity index (χ4n) is 2.25. The van der Waals surface area contributed by atoms with Gasteiger partial charge in [-0.15, -0.1) is 0 Å². The zero-order valence-electron chi connectivity index (χ0n) is 10.9. The highest BCUT2D eigenvalue weighted by Crippen LogP contribution is 2.25. The summed E-state index contributed by atoms with van der Waals surface area (Å²) >= 11 is 0. The number of hydrogen-bond acceptors (Lipinski definition) is 4. The number of aromatic nitrogens is 1. The Hall–Kier alpha value is -1.62. The average molecular weight is 248 g/mol. The van der Waals surface area contributed by atoms with Crippen molar-refractivity contribution in [1.29, 1.82) is 0 Å². The van der Waals surface area contributed by atoms with Crippen LogP contribution in [0, 0.1) is 11.8 Å². The molecule has 1 fully saturated rings. The highest BCUT2D eigenvalue weighted by Gasteiger charge is 2.31. The van der Waals surface area contributed by atoms with E-state index in [0.29, 0.717) is 30.6 Å². The summed E-state index contributed by atoms with van der Waals surface area (Å²) in [6, 6.07) is 5.60. The zero-order chi connectivity index (χ0) is 13.1. The molecule has 2 rings (SSSR count). The minimum Gasteiger partial charge on any atom is -0.336 e. The molecule has 1 unspecified atom stereocenters. The van der Waals surface area contributed by atoms with Gasteiger partial charge in [-0.1, -0.05) is 19.9 Å². The van der Waals surface area contributed by atoms with Gasteiger partial charge in [0.1, 0.15) is 5.82 Å². The third kappa shape index (κ3) is 2.79. The van der Waals surface area contributed by atoms with Crippen LogP contribution in [-0.4, -0.2) is 22.3 Å². The first-order valence-electron chi connectivity index (χ1n) is 6.30. The van der Waals surface area contributed by atoms with E-state index in [2.05, 4.69) is 24.3 Å². The standard InChI is InChI=1S/C13H20N4O/c1-9(2)10-6-13(18)17(7-10)8-11-4-3-5-12(15-11)16-14/h3-5,9-10H,6-8,14H2,1-2H3,(H,15,16). The number of rotatable bonds is 4. The van der Waals surface area contributed by atoms with E-state index in [4.69, 9.17) is 5.84 Å². The fourth-order valence-corrected chi connectivity index (χ4v) is 2.25. The Labute approximate surface area is 107 Å². The third-order valence-electron chi connectivity index (χ3n) is 3.49. The largest absolute Gasteiger partial charge is 0.336 e. The van der Waals surface area contributed by atoms with E-state index in [1.54, 1.807) is 6.07 Å². The Morgan fingerprint density at radius 2 is 2.33 bits per heavy atom. The molecule has 0 saturated carbocycles. The Bertz CT molecular complexity index is 433. The second-order valence-electron chi connectivity index (χ2n) is 5.14. The van der Waals surface area contributed by atoms with Crippen LogP contribution >= 0.6 is 0 Å². The van der Waals surface area contributed by atoms with Gasteiger partial charge in [0.25, 0.3) is 0 Å². The van der Waals surface area contributed by atoms with Crippen molar-refractivity contribution in [2.45, 2.75) is 26.8 Å². The highest BCUT2D eigenvalue weighted by atomic mass is 16.2. The van der Waals surface area contributed by atoms with Crippen LogP contribution in [0.4, 0.5) is 5.82 Å². The quantitative estimate of drug-likeness (QED) is 0.623. The maximum atomic E-state index is 11.9. The van der Waals surface area contributed by atoms with Crippen molar-refractivity contribution in [2.24, 2.45) is 17.7 Å². The van der Waals surface area contributed by atoms with Crippen LogP contribution in [0.5, 0.6) is 0 Å². The molecule has 0 aromatic carbocycles. The Balaban J connectivity index is 2.03. The molecule has 1 saturated heterocycles. The van der Waals surface area contributed by atoms with Gasteiger partial charge in [-0.25, -0.2) is 10.8 Å². The third-order valence-corrected chi connectivity index (χ3v) is 3.49. The summed E-state index contributed by atoms with van der Waals surface area (Å²) in [4.78, 5) is 18.1. The molecule has 18 heavy (non-hydrogen) atoms. The minimum atomic E-state index is 0.224. The summed E-state index contributed by atoms with van der Waals surface area (Å²) in [7, 11) is 0. The second-order valence-corrected chi connectivity index (χ2v) is 5.14. The van der Waals surface area contributed by atoms with Gasteiger partial charge in [0.05, 0.1) is 12.2 Å². The molecule has 1 aliphatic rings. The number of pyridine rings is 1. The smallest absolute Gasteiger partial charge is 0.223 e. The van der Waals surface area contributed by atoms with Crippen LogP contribution in [0.15, 0.2) is 18.2 Å². The van der Waals surface area contributed by atoms with Crippen LogP contribution < -0.4 is 11.3 Å². The van der Waals surface area contributed by atoms with Crippen LogP contribution in [0.2, 0.25) is 0 Å². The van der Waals surface area contributed by atoms with E-state index in [-0.39, 0.29) is 5.91 Å². The summed E-state index contributed by atoms with van der Waals surface area (Å²) in [5, 5.41) is 0. The van der Waals surface area contributed by atoms with Gasteiger partial charge in [-0.2, -0.15) is 0 Å². The number of nitrogens with zero attached hydrogens (tertiary/aromatic N) is 2. The zero-order valence-corrected chi connectivity index (χ0v) is 10.9. The molecule has 0 radical (unpaired) electrons. The van der Waals surface area contributed by atoms with Crippen molar-refractivity contribution in [3.05, 3.63) is 23.9 Å². The number of hydrazine groups is 1. The molecule has 1 aromatic rings. The van der Waals surface area contributed by atoms with E-state index < -0.39 is 0 Å². The predicted octanol–water partition coefficient (Wildman–Crippen LogP) is 1.37. The summed E-state index contributed by atoms with van der Waals surface area (Å²) in [6.07, 6.45) is 0.659. The number of anilines is 1. The molecule has 2 heterocycles. The van der Waals surface area contributed by atoms with Crippen LogP contribution in [-0.2, 0) is 11.3 Å². The molecule has 1 aliphatic heterocycles. The van der Waals surface area contributed by atoms with Crippen molar-refractivity contribution >= 4 is 11.7 Å². The molecule has 1 amide bonds. The van der Waals surface area contributed by atoms with Gasteiger partial charge in [0.2, 0.25) is 5.91 Å². The SMILES string of the molecule is CC(C)C1CC(=O)N(Cc2cccc(NN)n2)C1. The van der Waals surface area contributed by atoms with E-state index >= 15 is 0 Å². The first kappa shape index (κ1) is 12.8. The number of hydrogen-bond donors (Lipinski definition) is 2. The lowest BCUT2D eigenvalue weighted by Crippen LogP contribution is -2.25. The number of carbonyl (C=O) groups excluding carboxylic acids is 1. The molecule has 0 spiro atoms. The van der Waals surface area contributed by atoms with E-state index in [9.17, 15) is 4.79 Å². The van der Waals surface area contributed by atoms with Crippen LogP contribution in [0.1, 0.15) is 26.0 Å². The van der Waals surface area contributed by atoms with Crippen molar-refractivity contribution in [3.8, 4) is 0 Å². The van der Waals surface area contributed by atoms with Crippen molar-refractivity contribution in [1.82, 2.24) is 9.88 Å². The van der Waals surface area contributed by atoms with E-state index in [1.165, 1.54) is 0 Å². The molecule has 98 valence electrons. The molecule has 5 nitrogen and oxygen atoms in total. The summed E-state index contributed by atoms with van der Waals surface area (Å²) < 4.78 is 0. The number of nitrogens with two attached hydrogens (primary N) is 1. The molecular weight excluding hydrogens is 228 g/mol. The summed E-state index contributed by atoms with van der Waals surface area (Å²) in [6.45, 7) is 5.73. The number of carbonyl (C=O) groups is 1. The molecule has 1 aromatic heterocycles. The number of nitrogens with one attached hydrogen (secondary N) is 1. The van der Waals surface area contributed by atoms with Crippen LogP contribution in [0.3, 0.4) is 0 Å². The normalized spacial score (nSPS) is 19.7. The average Bonchev–Trinajstić information content (AvgIpc) is 2.71. The second kappa shape index (κ2) is 5.35. The minimum absolute atomic E-state index is 0.224. The van der Waals surface area contributed by atoms with Gasteiger partial charge < -0.3 is 10.3 Å². The lowest BCUT2D eigenvalue weighted by Gasteiger charge is -2.17. The fraction of sp³-hybridized carbons (Fsp3) is 0.538. The molecule has 0 aliphatic carbocycles. The molecule has 5 heteroatoms. The van der Waals surface area contributed by atoms with Crippen LogP contribution in [0.25, 0.3) is 0 Å². The number of amides is 1. The monoisotopic (exact) mass is 248 g/mol. The van der Waals surface area contributed by atoms with Crippen molar-refractivity contribution in [2.75, 3.05) is 12.0 Å². The Morgan fingerprint density at radius 1 is 1.56 bits per heavy atom. The first-order chi connectivity index (χ1) is 8.60. The maximum absolute atomic E-state index is 11.9. The maximum Gasteiger partial charge on any atom is 0.223 e. The molecule has 1 atom stereocenters. The summed E-state index contributed by atoms with van der Waals surface area (Å²) in [5.74, 6) is 7.18. The molecule has 0 bridgehead atoms. The van der Waals surface area contributed by atoms with Gasteiger partial charge in [-0.3, -0.25) is 4.79 Å². The Kier molecular flexibility index (Phi) is 3.81. The highest BCUT2D eigenvalue weighted by molar-refractivity contribution is 5.78. The summed E-state index contributed by atoms with van der Waals surface area (Å²) in [5.41, 5.74) is 3.38. The van der Waals surface area contributed by atoms with Gasteiger partial charge in [0, 0.05) is 13.0 Å². The lowest BCUT2D eigenvalue weighted by molar-refractivity contribution is -0.128. The molecule has 3 N–H and O–H groups in total. The Morgan fingerprint density at radius 3 is 2.94 bits per heavy atom. The number of nitrogen functional groups attached to an aromatic ring is 1. The molecular formula is C13H20N4O. The van der Waals surface area contributed by atoms with E-state index in [1.807, 2.05) is 17.0 Å². The van der Waals surface area contributed by atoms with Crippen molar-refractivity contribution in [3.63, 3.8) is 0 Å². The van der Waals surface area contributed by atoms with Crippen molar-refractivity contribution < 1.29 is 4.79 Å². The van der Waals surface area contributed by atoms with Gasteiger partial charge >= 0.3 is 0 Å². The van der Waals surface area contributed by atoms with Gasteiger partial charge in [-0.05, 0) is 24.0 Å². The first-order valence-corrected chi connectivity index (χ1v) is 6.30. The topological polar surface area (TPSA) is 71.2 Å².